The van der Waals surface area contributed by atoms with Crippen LogP contribution in [-0.4, -0.2) is 46.9 Å². The van der Waals surface area contributed by atoms with Crippen molar-refractivity contribution in [3.63, 3.8) is 0 Å². The number of amides is 1. The molecule has 57 heavy (non-hydrogen) atoms. The molecule has 0 radical (unpaired) electrons. The molecule has 0 aromatic heterocycles. The standard InChI is InChI=1S/C51H83NO5/c1-4-7-10-13-16-19-21-23-24-25-26-27-29-32-35-38-41-44-51(56)57-47(42-39-36-33-31-28-22-20-17-14-11-8-5-2)45-50(55)52-48(46-53)49(54)43-40-37-34-30-18-15-12-9-6-3/h7-8,10-11,13,16-17,19-21,23-29,31,47-49,53-54H,4-6,9,12,14-15,18,22,30,32-46H2,1-3H3,(H,52,55)/b10-7-,11-8+,16-13+,20-17+,21-19+,24-23-,26-25+,29-27+,31-28+. The van der Waals surface area contributed by atoms with E-state index in [0.717, 1.165) is 89.9 Å². The molecule has 0 heterocycles. The van der Waals surface area contributed by atoms with Gasteiger partial charge in [0.25, 0.3) is 0 Å². The Morgan fingerprint density at radius 3 is 1.65 bits per heavy atom. The smallest absolute Gasteiger partial charge is 0.306 e. The lowest BCUT2D eigenvalue weighted by Gasteiger charge is -2.24. The summed E-state index contributed by atoms with van der Waals surface area (Å²) in [7, 11) is 0. The number of ether oxygens (including phenoxy) is 1. The van der Waals surface area contributed by atoms with Crippen molar-refractivity contribution in [1.29, 1.82) is 0 Å². The molecule has 0 aliphatic rings. The maximum atomic E-state index is 13.1. The Morgan fingerprint density at radius 2 is 1.04 bits per heavy atom. The van der Waals surface area contributed by atoms with Crippen LogP contribution in [-0.2, 0) is 14.3 Å². The third-order valence-corrected chi connectivity index (χ3v) is 9.51. The fraction of sp³-hybridized carbons (Fsp3) is 0.608. The van der Waals surface area contributed by atoms with Crippen LogP contribution in [0.2, 0.25) is 0 Å². The molecular formula is C51H83NO5. The van der Waals surface area contributed by atoms with E-state index in [0.29, 0.717) is 19.3 Å². The molecule has 0 aliphatic carbocycles. The summed E-state index contributed by atoms with van der Waals surface area (Å²) in [5.41, 5.74) is 0. The van der Waals surface area contributed by atoms with Crippen molar-refractivity contribution in [2.45, 2.75) is 193 Å². The van der Waals surface area contributed by atoms with Crippen molar-refractivity contribution >= 4 is 11.9 Å². The molecule has 3 atom stereocenters. The van der Waals surface area contributed by atoms with Crippen LogP contribution in [0.5, 0.6) is 0 Å². The summed E-state index contributed by atoms with van der Waals surface area (Å²) in [6.45, 7) is 6.15. The van der Waals surface area contributed by atoms with Crippen LogP contribution >= 0.6 is 0 Å². The molecule has 0 saturated carbocycles. The van der Waals surface area contributed by atoms with Gasteiger partial charge in [-0.1, -0.05) is 194 Å². The van der Waals surface area contributed by atoms with Gasteiger partial charge in [-0.05, 0) is 77.0 Å². The number of esters is 1. The van der Waals surface area contributed by atoms with Crippen molar-refractivity contribution in [2.75, 3.05) is 6.61 Å². The van der Waals surface area contributed by atoms with Crippen molar-refractivity contribution < 1.29 is 24.5 Å². The van der Waals surface area contributed by atoms with Crippen LogP contribution in [0.3, 0.4) is 0 Å². The first-order valence-electron chi connectivity index (χ1n) is 22.7. The molecule has 0 spiro atoms. The molecular weight excluding hydrogens is 707 g/mol. The minimum absolute atomic E-state index is 0.0254. The first-order valence-corrected chi connectivity index (χ1v) is 22.7. The van der Waals surface area contributed by atoms with Crippen molar-refractivity contribution in [3.05, 3.63) is 109 Å². The van der Waals surface area contributed by atoms with E-state index >= 15 is 0 Å². The van der Waals surface area contributed by atoms with Crippen LogP contribution in [0.15, 0.2) is 109 Å². The maximum absolute atomic E-state index is 13.1. The average molecular weight is 790 g/mol. The summed E-state index contributed by atoms with van der Waals surface area (Å²) < 4.78 is 5.86. The predicted octanol–water partition coefficient (Wildman–Crippen LogP) is 13.2. The Kier molecular flexibility index (Phi) is 41.0. The van der Waals surface area contributed by atoms with Gasteiger partial charge in [-0.2, -0.15) is 0 Å². The van der Waals surface area contributed by atoms with Crippen molar-refractivity contribution in [2.24, 2.45) is 0 Å². The summed E-state index contributed by atoms with van der Waals surface area (Å²) in [6.07, 6.45) is 58.6. The number of rotatable bonds is 38. The molecule has 1 amide bonds. The summed E-state index contributed by atoms with van der Waals surface area (Å²) >= 11 is 0. The van der Waals surface area contributed by atoms with Crippen LogP contribution in [0.4, 0.5) is 0 Å². The monoisotopic (exact) mass is 790 g/mol. The van der Waals surface area contributed by atoms with Gasteiger partial charge in [0.1, 0.15) is 6.10 Å². The topological polar surface area (TPSA) is 95.9 Å². The summed E-state index contributed by atoms with van der Waals surface area (Å²) in [5, 5.41) is 23.6. The van der Waals surface area contributed by atoms with Crippen LogP contribution < -0.4 is 5.32 Å². The van der Waals surface area contributed by atoms with Crippen LogP contribution in [0, 0.1) is 0 Å². The van der Waals surface area contributed by atoms with Crippen LogP contribution in [0.1, 0.15) is 175 Å². The van der Waals surface area contributed by atoms with Gasteiger partial charge in [0, 0.05) is 6.42 Å². The number of carbonyl (C=O) groups excluding carboxylic acids is 2. The number of allylic oxidation sites excluding steroid dienone is 18. The normalized spacial score (nSPS) is 14.4. The summed E-state index contributed by atoms with van der Waals surface area (Å²) in [6, 6.07) is -0.728. The molecule has 6 heteroatoms. The molecule has 0 bridgehead atoms. The highest BCUT2D eigenvalue weighted by Crippen LogP contribution is 2.16. The summed E-state index contributed by atoms with van der Waals surface area (Å²) in [5.74, 6) is -0.580. The molecule has 0 aliphatic heterocycles. The van der Waals surface area contributed by atoms with E-state index in [-0.39, 0.29) is 24.9 Å². The quantitative estimate of drug-likeness (QED) is 0.0251. The first-order chi connectivity index (χ1) is 28.0. The SMILES string of the molecule is CC\C=C/C=C/C=C/C=C\C=C\C=C\CCCCCC(=O)OC(CCCC/C=C/C/C=C/C/C=C/CC)CC(=O)NC(CO)C(O)CCCCCCCCCCC. The lowest BCUT2D eigenvalue weighted by molar-refractivity contribution is -0.151. The number of unbranched alkanes of at least 4 members (excludes halogenated alkanes) is 13. The minimum Gasteiger partial charge on any atom is -0.462 e. The highest BCUT2D eigenvalue weighted by molar-refractivity contribution is 5.77. The largest absolute Gasteiger partial charge is 0.462 e. The Labute approximate surface area is 349 Å². The van der Waals surface area contributed by atoms with E-state index in [1.807, 2.05) is 60.8 Å². The molecule has 3 N–H and O–H groups in total. The Bertz CT molecular complexity index is 1200. The summed E-state index contributed by atoms with van der Waals surface area (Å²) in [4.78, 5) is 26.0. The average Bonchev–Trinajstić information content (AvgIpc) is 3.20. The Morgan fingerprint density at radius 1 is 0.544 bits per heavy atom. The Balaban J connectivity index is 4.77. The van der Waals surface area contributed by atoms with E-state index < -0.39 is 18.2 Å². The van der Waals surface area contributed by atoms with Crippen molar-refractivity contribution in [3.8, 4) is 0 Å². The van der Waals surface area contributed by atoms with Gasteiger partial charge in [-0.25, -0.2) is 0 Å². The van der Waals surface area contributed by atoms with Crippen molar-refractivity contribution in [1.82, 2.24) is 5.32 Å². The zero-order chi connectivity index (χ0) is 41.7. The fourth-order valence-corrected chi connectivity index (χ4v) is 6.12. The molecule has 6 nitrogen and oxygen atoms in total. The second-order valence-electron chi connectivity index (χ2n) is 14.8. The minimum atomic E-state index is -0.810. The second-order valence-corrected chi connectivity index (χ2v) is 14.8. The van der Waals surface area contributed by atoms with E-state index in [1.165, 1.54) is 38.5 Å². The van der Waals surface area contributed by atoms with E-state index in [2.05, 4.69) is 74.7 Å². The number of carbonyl (C=O) groups is 2. The lowest BCUT2D eigenvalue weighted by atomic mass is 10.0. The van der Waals surface area contributed by atoms with Gasteiger partial charge in [0.15, 0.2) is 0 Å². The molecule has 322 valence electrons. The lowest BCUT2D eigenvalue weighted by Crippen LogP contribution is -2.46. The maximum Gasteiger partial charge on any atom is 0.306 e. The van der Waals surface area contributed by atoms with E-state index in [4.69, 9.17) is 4.74 Å². The molecule has 0 aromatic carbocycles. The van der Waals surface area contributed by atoms with Gasteiger partial charge in [0.2, 0.25) is 5.91 Å². The molecule has 0 saturated heterocycles. The number of aliphatic hydroxyl groups excluding tert-OH is 2. The third-order valence-electron chi connectivity index (χ3n) is 9.51. The third kappa shape index (κ3) is 39.1. The van der Waals surface area contributed by atoms with Gasteiger partial charge in [-0.3, -0.25) is 9.59 Å². The number of hydrogen-bond donors (Lipinski definition) is 3. The predicted molar refractivity (Wildman–Crippen MR) is 245 cm³/mol. The van der Waals surface area contributed by atoms with Gasteiger partial charge in [0.05, 0.1) is 25.2 Å². The van der Waals surface area contributed by atoms with E-state index in [9.17, 15) is 19.8 Å². The highest BCUT2D eigenvalue weighted by Gasteiger charge is 2.24. The van der Waals surface area contributed by atoms with Gasteiger partial charge < -0.3 is 20.3 Å². The second kappa shape index (κ2) is 43.6. The van der Waals surface area contributed by atoms with Crippen LogP contribution in [0.25, 0.3) is 0 Å². The number of aliphatic hydroxyl groups is 2. The van der Waals surface area contributed by atoms with Gasteiger partial charge in [-0.15, -0.1) is 0 Å². The fourth-order valence-electron chi connectivity index (χ4n) is 6.12. The molecule has 0 fully saturated rings. The Hall–Kier alpha value is -3.48. The van der Waals surface area contributed by atoms with Gasteiger partial charge >= 0.3 is 5.97 Å². The molecule has 0 aromatic rings. The van der Waals surface area contributed by atoms with E-state index in [1.54, 1.807) is 0 Å². The number of nitrogens with one attached hydrogen (secondary N) is 1. The zero-order valence-electron chi connectivity index (χ0n) is 36.4. The zero-order valence-corrected chi connectivity index (χ0v) is 36.4. The molecule has 0 rings (SSSR count). The number of hydrogen-bond acceptors (Lipinski definition) is 5. The highest BCUT2D eigenvalue weighted by atomic mass is 16.5. The first kappa shape index (κ1) is 53.5. The molecule has 3 unspecified atom stereocenters.